The summed E-state index contributed by atoms with van der Waals surface area (Å²) in [6, 6.07) is 6.56. The van der Waals surface area contributed by atoms with Gasteiger partial charge in [0.1, 0.15) is 6.07 Å². The Balaban J connectivity index is 2.90. The van der Waals surface area contributed by atoms with Crippen LogP contribution in [0.15, 0.2) is 18.2 Å². The van der Waals surface area contributed by atoms with Crippen molar-refractivity contribution in [2.24, 2.45) is 0 Å². The minimum absolute atomic E-state index is 0.168. The number of nitrogens with zero attached hydrogens (tertiary/aromatic N) is 1. The second-order valence-corrected chi connectivity index (χ2v) is 3.54. The molecule has 1 rings (SSSR count). The molecule has 0 saturated heterocycles. The molecule has 0 saturated carbocycles. The van der Waals surface area contributed by atoms with Crippen LogP contribution in [0.25, 0.3) is 0 Å². The molecule has 1 aromatic carbocycles. The maximum atomic E-state index is 11.6. The molecular formula is C11H11ClN2O2. The molecule has 0 fully saturated rings. The highest BCUT2D eigenvalue weighted by atomic mass is 35.5. The van der Waals surface area contributed by atoms with Crippen molar-refractivity contribution in [1.29, 1.82) is 5.26 Å². The second-order valence-electron chi connectivity index (χ2n) is 3.13. The average Bonchev–Trinajstić information content (AvgIpc) is 2.29. The fourth-order valence-corrected chi connectivity index (χ4v) is 1.28. The van der Waals surface area contributed by atoms with Crippen LogP contribution in [0.3, 0.4) is 0 Å². The van der Waals surface area contributed by atoms with Crippen molar-refractivity contribution in [3.8, 4) is 6.07 Å². The summed E-state index contributed by atoms with van der Waals surface area (Å²) >= 11 is 5.76. The predicted octanol–water partition coefficient (Wildman–Crippen LogP) is 2.38. The van der Waals surface area contributed by atoms with E-state index in [1.807, 2.05) is 6.07 Å². The molecule has 0 bridgehead atoms. The van der Waals surface area contributed by atoms with Gasteiger partial charge in [0.15, 0.2) is 6.10 Å². The van der Waals surface area contributed by atoms with Crippen molar-refractivity contribution in [2.45, 2.75) is 19.4 Å². The van der Waals surface area contributed by atoms with E-state index in [2.05, 4.69) is 0 Å². The van der Waals surface area contributed by atoms with Gasteiger partial charge in [0.25, 0.3) is 0 Å². The molecule has 16 heavy (non-hydrogen) atoms. The normalized spacial score (nSPS) is 11.6. The monoisotopic (exact) mass is 238 g/mol. The Morgan fingerprint density at radius 1 is 1.69 bits per heavy atom. The largest absolute Gasteiger partial charge is 0.443 e. The number of nitrogens with two attached hydrogens (primary N) is 1. The molecule has 0 amide bonds. The summed E-state index contributed by atoms with van der Waals surface area (Å²) < 4.78 is 4.93. The fraction of sp³-hybridized carbons (Fsp3) is 0.273. The van der Waals surface area contributed by atoms with E-state index in [0.717, 1.165) is 0 Å². The lowest BCUT2D eigenvalue weighted by Gasteiger charge is -2.10. The Morgan fingerprint density at radius 3 is 2.94 bits per heavy atom. The molecule has 1 atom stereocenters. The lowest BCUT2D eigenvalue weighted by atomic mass is 10.2. The SMILES string of the molecule is CCC(C#N)OC(=O)c1cccc(Cl)c1N. The summed E-state index contributed by atoms with van der Waals surface area (Å²) in [6.07, 6.45) is -0.325. The molecule has 1 unspecified atom stereocenters. The number of hydrogen-bond donors (Lipinski definition) is 1. The quantitative estimate of drug-likeness (QED) is 0.648. The first-order valence-electron chi connectivity index (χ1n) is 4.74. The number of anilines is 1. The van der Waals surface area contributed by atoms with Gasteiger partial charge in [-0.15, -0.1) is 0 Å². The fourth-order valence-electron chi connectivity index (χ4n) is 1.11. The van der Waals surface area contributed by atoms with Gasteiger partial charge in [0.05, 0.1) is 16.3 Å². The Morgan fingerprint density at radius 2 is 2.38 bits per heavy atom. The zero-order chi connectivity index (χ0) is 12.1. The van der Waals surface area contributed by atoms with Crippen LogP contribution in [-0.2, 0) is 4.74 Å². The molecule has 4 nitrogen and oxygen atoms in total. The lowest BCUT2D eigenvalue weighted by Crippen LogP contribution is -2.16. The minimum Gasteiger partial charge on any atom is -0.443 e. The van der Waals surface area contributed by atoms with E-state index >= 15 is 0 Å². The summed E-state index contributed by atoms with van der Waals surface area (Å²) in [4.78, 5) is 11.6. The summed E-state index contributed by atoms with van der Waals surface area (Å²) in [5.74, 6) is -0.631. The van der Waals surface area contributed by atoms with Gasteiger partial charge in [-0.05, 0) is 18.6 Å². The van der Waals surface area contributed by atoms with Crippen LogP contribution in [-0.4, -0.2) is 12.1 Å². The molecule has 0 aromatic heterocycles. The first-order chi connectivity index (χ1) is 7.60. The number of rotatable bonds is 3. The Hall–Kier alpha value is -1.73. The van der Waals surface area contributed by atoms with E-state index in [9.17, 15) is 4.79 Å². The molecule has 0 radical (unpaired) electrons. The van der Waals surface area contributed by atoms with Crippen LogP contribution in [0, 0.1) is 11.3 Å². The smallest absolute Gasteiger partial charge is 0.341 e. The first kappa shape index (κ1) is 12.3. The predicted molar refractivity (Wildman–Crippen MR) is 61.0 cm³/mol. The number of benzene rings is 1. The standard InChI is InChI=1S/C11H11ClN2O2/c1-2-7(6-13)16-11(15)8-4-3-5-9(12)10(8)14/h3-5,7H,2,14H2,1H3. The van der Waals surface area contributed by atoms with Crippen molar-refractivity contribution in [3.63, 3.8) is 0 Å². The highest BCUT2D eigenvalue weighted by molar-refractivity contribution is 6.33. The Kier molecular flexibility index (Phi) is 4.15. The number of esters is 1. The number of carbonyl (C=O) groups is 1. The van der Waals surface area contributed by atoms with Gasteiger partial charge in [-0.25, -0.2) is 4.79 Å². The van der Waals surface area contributed by atoms with Crippen molar-refractivity contribution in [3.05, 3.63) is 28.8 Å². The van der Waals surface area contributed by atoms with Gasteiger partial charge in [-0.3, -0.25) is 0 Å². The van der Waals surface area contributed by atoms with Crippen LogP contribution < -0.4 is 5.73 Å². The van der Waals surface area contributed by atoms with Gasteiger partial charge < -0.3 is 10.5 Å². The average molecular weight is 239 g/mol. The highest BCUT2D eigenvalue weighted by Crippen LogP contribution is 2.23. The molecular weight excluding hydrogens is 228 g/mol. The molecule has 0 aliphatic heterocycles. The minimum atomic E-state index is -0.758. The first-order valence-corrected chi connectivity index (χ1v) is 5.12. The van der Waals surface area contributed by atoms with Crippen LogP contribution in [0.2, 0.25) is 5.02 Å². The molecule has 0 heterocycles. The van der Waals surface area contributed by atoms with Crippen molar-refractivity contribution < 1.29 is 9.53 Å². The van der Waals surface area contributed by atoms with Crippen molar-refractivity contribution in [1.82, 2.24) is 0 Å². The topological polar surface area (TPSA) is 76.1 Å². The Bertz CT molecular complexity index is 440. The number of hydrogen-bond acceptors (Lipinski definition) is 4. The number of nitrogen functional groups attached to an aromatic ring is 1. The van der Waals surface area contributed by atoms with Crippen LogP contribution >= 0.6 is 11.6 Å². The van der Waals surface area contributed by atoms with Crippen molar-refractivity contribution >= 4 is 23.3 Å². The van der Waals surface area contributed by atoms with E-state index in [1.165, 1.54) is 6.07 Å². The number of nitriles is 1. The molecule has 2 N–H and O–H groups in total. The number of para-hydroxylation sites is 1. The molecule has 1 aromatic rings. The van der Waals surface area contributed by atoms with Crippen LogP contribution in [0.4, 0.5) is 5.69 Å². The second kappa shape index (κ2) is 5.38. The maximum absolute atomic E-state index is 11.6. The molecule has 0 aliphatic carbocycles. The summed E-state index contributed by atoms with van der Waals surface area (Å²) in [7, 11) is 0. The van der Waals surface area contributed by atoms with Crippen LogP contribution in [0.5, 0.6) is 0 Å². The van der Waals surface area contributed by atoms with Crippen molar-refractivity contribution in [2.75, 3.05) is 5.73 Å². The molecule has 84 valence electrons. The third kappa shape index (κ3) is 2.65. The number of carbonyl (C=O) groups excluding carboxylic acids is 1. The van der Waals surface area contributed by atoms with Gasteiger partial charge in [-0.2, -0.15) is 5.26 Å². The third-order valence-electron chi connectivity index (χ3n) is 2.04. The van der Waals surface area contributed by atoms with E-state index in [0.29, 0.717) is 11.4 Å². The van der Waals surface area contributed by atoms with Gasteiger partial charge >= 0.3 is 5.97 Å². The lowest BCUT2D eigenvalue weighted by molar-refractivity contribution is 0.0402. The number of ether oxygens (including phenoxy) is 1. The van der Waals surface area contributed by atoms with Gasteiger partial charge in [0.2, 0.25) is 0 Å². The zero-order valence-corrected chi connectivity index (χ0v) is 9.49. The Labute approximate surface area is 98.6 Å². The third-order valence-corrected chi connectivity index (χ3v) is 2.37. The molecule has 0 spiro atoms. The zero-order valence-electron chi connectivity index (χ0n) is 8.74. The van der Waals surface area contributed by atoms with E-state index in [4.69, 9.17) is 27.3 Å². The van der Waals surface area contributed by atoms with Crippen LogP contribution in [0.1, 0.15) is 23.7 Å². The molecule has 5 heteroatoms. The van der Waals surface area contributed by atoms with E-state index in [-0.39, 0.29) is 11.3 Å². The maximum Gasteiger partial charge on any atom is 0.341 e. The summed E-state index contributed by atoms with van der Waals surface area (Å²) in [6.45, 7) is 1.75. The molecule has 0 aliphatic rings. The van der Waals surface area contributed by atoms with Gasteiger partial charge in [-0.1, -0.05) is 24.6 Å². The van der Waals surface area contributed by atoms with E-state index < -0.39 is 12.1 Å². The number of halogens is 1. The summed E-state index contributed by atoms with van der Waals surface area (Å²) in [5, 5.41) is 8.95. The highest BCUT2D eigenvalue weighted by Gasteiger charge is 2.17. The summed E-state index contributed by atoms with van der Waals surface area (Å²) in [5.41, 5.74) is 5.98. The van der Waals surface area contributed by atoms with E-state index in [1.54, 1.807) is 19.1 Å². The van der Waals surface area contributed by atoms with Gasteiger partial charge in [0, 0.05) is 0 Å².